The second-order valence-electron chi connectivity index (χ2n) is 4.49. The Labute approximate surface area is 119 Å². The molecule has 0 unspecified atom stereocenters. The van der Waals surface area contributed by atoms with Crippen molar-refractivity contribution in [2.45, 2.75) is 13.8 Å². The summed E-state index contributed by atoms with van der Waals surface area (Å²) < 4.78 is 4.91. The molecule has 102 valence electrons. The number of ether oxygens (including phenoxy) is 1. The molecular formula is C18H18O2. The SMILES string of the molecule is CCOC(=O)/C=C/c1cccc(C)c1-c1ccccc1. The van der Waals surface area contributed by atoms with Gasteiger partial charge in [-0.05, 0) is 42.2 Å². The summed E-state index contributed by atoms with van der Waals surface area (Å²) in [5.41, 5.74) is 4.49. The highest BCUT2D eigenvalue weighted by Crippen LogP contribution is 2.28. The van der Waals surface area contributed by atoms with E-state index in [9.17, 15) is 4.79 Å². The fourth-order valence-electron chi connectivity index (χ4n) is 2.18. The zero-order chi connectivity index (χ0) is 14.4. The minimum Gasteiger partial charge on any atom is -0.463 e. The lowest BCUT2D eigenvalue weighted by molar-refractivity contribution is -0.137. The van der Waals surface area contributed by atoms with Gasteiger partial charge < -0.3 is 4.74 Å². The predicted molar refractivity (Wildman–Crippen MR) is 82.3 cm³/mol. The van der Waals surface area contributed by atoms with Gasteiger partial charge in [0, 0.05) is 6.08 Å². The summed E-state index contributed by atoms with van der Waals surface area (Å²) in [4.78, 5) is 11.4. The maximum Gasteiger partial charge on any atom is 0.330 e. The molecule has 0 radical (unpaired) electrons. The average molecular weight is 266 g/mol. The molecule has 0 fully saturated rings. The quantitative estimate of drug-likeness (QED) is 0.611. The number of hydrogen-bond donors (Lipinski definition) is 0. The largest absolute Gasteiger partial charge is 0.463 e. The monoisotopic (exact) mass is 266 g/mol. The Morgan fingerprint density at radius 3 is 2.55 bits per heavy atom. The smallest absolute Gasteiger partial charge is 0.330 e. The summed E-state index contributed by atoms with van der Waals surface area (Å²) in [6.07, 6.45) is 3.29. The molecule has 0 heterocycles. The molecule has 2 nitrogen and oxygen atoms in total. The Kier molecular flexibility index (Phi) is 4.72. The molecule has 20 heavy (non-hydrogen) atoms. The van der Waals surface area contributed by atoms with E-state index in [1.54, 1.807) is 6.92 Å². The third-order valence-electron chi connectivity index (χ3n) is 3.05. The van der Waals surface area contributed by atoms with Crippen molar-refractivity contribution in [1.82, 2.24) is 0 Å². The van der Waals surface area contributed by atoms with Crippen molar-refractivity contribution in [3.63, 3.8) is 0 Å². The number of aryl methyl sites for hydroxylation is 1. The molecule has 0 amide bonds. The first-order chi connectivity index (χ1) is 9.72. The zero-order valence-corrected chi connectivity index (χ0v) is 11.8. The third-order valence-corrected chi connectivity index (χ3v) is 3.05. The molecule has 0 aromatic heterocycles. The van der Waals surface area contributed by atoms with Gasteiger partial charge in [-0.3, -0.25) is 0 Å². The van der Waals surface area contributed by atoms with Crippen molar-refractivity contribution in [2.24, 2.45) is 0 Å². The first-order valence-corrected chi connectivity index (χ1v) is 6.72. The number of carbonyl (C=O) groups excluding carboxylic acids is 1. The average Bonchev–Trinajstić information content (AvgIpc) is 2.46. The summed E-state index contributed by atoms with van der Waals surface area (Å²) in [6, 6.07) is 16.2. The van der Waals surface area contributed by atoms with Crippen LogP contribution in [-0.2, 0) is 9.53 Å². The van der Waals surface area contributed by atoms with Crippen LogP contribution in [-0.4, -0.2) is 12.6 Å². The maximum atomic E-state index is 11.4. The molecule has 2 rings (SSSR count). The van der Waals surface area contributed by atoms with Gasteiger partial charge in [0.25, 0.3) is 0 Å². The Balaban J connectivity index is 2.40. The normalized spacial score (nSPS) is 10.7. The van der Waals surface area contributed by atoms with E-state index >= 15 is 0 Å². The van der Waals surface area contributed by atoms with Gasteiger partial charge in [0.05, 0.1) is 6.61 Å². The van der Waals surface area contributed by atoms with E-state index in [1.807, 2.05) is 36.4 Å². The van der Waals surface area contributed by atoms with Crippen LogP contribution < -0.4 is 0 Å². The van der Waals surface area contributed by atoms with E-state index in [0.29, 0.717) is 6.61 Å². The highest BCUT2D eigenvalue weighted by atomic mass is 16.5. The second kappa shape index (κ2) is 6.71. The number of esters is 1. The van der Waals surface area contributed by atoms with E-state index in [1.165, 1.54) is 11.6 Å². The molecule has 2 aromatic rings. The van der Waals surface area contributed by atoms with Gasteiger partial charge in [-0.2, -0.15) is 0 Å². The molecule has 0 saturated heterocycles. The van der Waals surface area contributed by atoms with Crippen molar-refractivity contribution in [2.75, 3.05) is 6.61 Å². The van der Waals surface area contributed by atoms with E-state index in [-0.39, 0.29) is 5.97 Å². The van der Waals surface area contributed by atoms with E-state index in [2.05, 4.69) is 25.1 Å². The van der Waals surface area contributed by atoms with Crippen LogP contribution in [0, 0.1) is 6.92 Å². The Morgan fingerprint density at radius 1 is 1.10 bits per heavy atom. The van der Waals surface area contributed by atoms with E-state index in [0.717, 1.165) is 16.7 Å². The maximum absolute atomic E-state index is 11.4. The van der Waals surface area contributed by atoms with Crippen LogP contribution in [0.4, 0.5) is 0 Å². The van der Waals surface area contributed by atoms with Crippen molar-refractivity contribution in [3.05, 3.63) is 65.7 Å². The lowest BCUT2D eigenvalue weighted by atomic mass is 9.95. The molecule has 0 saturated carbocycles. The van der Waals surface area contributed by atoms with E-state index in [4.69, 9.17) is 4.74 Å². The molecule has 0 atom stereocenters. The second-order valence-corrected chi connectivity index (χ2v) is 4.49. The molecule has 2 aromatic carbocycles. The van der Waals surface area contributed by atoms with Crippen LogP contribution in [0.25, 0.3) is 17.2 Å². The molecule has 0 N–H and O–H groups in total. The first kappa shape index (κ1) is 14.1. The summed E-state index contributed by atoms with van der Waals surface area (Å²) >= 11 is 0. The minimum atomic E-state index is -0.312. The number of carbonyl (C=O) groups is 1. The van der Waals surface area contributed by atoms with E-state index < -0.39 is 0 Å². The number of hydrogen-bond acceptors (Lipinski definition) is 2. The Hall–Kier alpha value is -2.35. The Bertz CT molecular complexity index is 613. The molecule has 0 aliphatic heterocycles. The van der Waals surface area contributed by atoms with Crippen molar-refractivity contribution >= 4 is 12.0 Å². The fraction of sp³-hybridized carbons (Fsp3) is 0.167. The topological polar surface area (TPSA) is 26.3 Å². The lowest BCUT2D eigenvalue weighted by Crippen LogP contribution is -1.98. The summed E-state index contributed by atoms with van der Waals surface area (Å²) in [7, 11) is 0. The molecule has 2 heteroatoms. The minimum absolute atomic E-state index is 0.312. The van der Waals surface area contributed by atoms with Crippen molar-refractivity contribution in [1.29, 1.82) is 0 Å². The zero-order valence-electron chi connectivity index (χ0n) is 11.8. The first-order valence-electron chi connectivity index (χ1n) is 6.72. The van der Waals surface area contributed by atoms with Gasteiger partial charge in [-0.25, -0.2) is 4.79 Å². The molecular weight excluding hydrogens is 248 g/mol. The van der Waals surface area contributed by atoms with Crippen molar-refractivity contribution < 1.29 is 9.53 Å². The highest BCUT2D eigenvalue weighted by Gasteiger charge is 2.06. The van der Waals surface area contributed by atoms with Crippen LogP contribution in [0.2, 0.25) is 0 Å². The molecule has 0 bridgehead atoms. The van der Waals surface area contributed by atoms with Crippen LogP contribution in [0.3, 0.4) is 0 Å². The van der Waals surface area contributed by atoms with Gasteiger partial charge in [0.1, 0.15) is 0 Å². The van der Waals surface area contributed by atoms with Gasteiger partial charge in [0.2, 0.25) is 0 Å². The number of rotatable bonds is 4. The lowest BCUT2D eigenvalue weighted by Gasteiger charge is -2.10. The molecule has 0 spiro atoms. The summed E-state index contributed by atoms with van der Waals surface area (Å²) in [5.74, 6) is -0.312. The summed E-state index contributed by atoms with van der Waals surface area (Å²) in [6.45, 7) is 4.26. The predicted octanol–water partition coefficient (Wildman–Crippen LogP) is 4.24. The third kappa shape index (κ3) is 3.35. The van der Waals surface area contributed by atoms with Crippen LogP contribution >= 0.6 is 0 Å². The van der Waals surface area contributed by atoms with Gasteiger partial charge in [-0.15, -0.1) is 0 Å². The van der Waals surface area contributed by atoms with Gasteiger partial charge in [0.15, 0.2) is 0 Å². The molecule has 0 aliphatic carbocycles. The highest BCUT2D eigenvalue weighted by molar-refractivity contribution is 5.89. The molecule has 0 aliphatic rings. The Morgan fingerprint density at radius 2 is 1.85 bits per heavy atom. The van der Waals surface area contributed by atoms with Crippen LogP contribution in [0.5, 0.6) is 0 Å². The van der Waals surface area contributed by atoms with Gasteiger partial charge in [-0.1, -0.05) is 48.5 Å². The van der Waals surface area contributed by atoms with Crippen LogP contribution in [0.15, 0.2) is 54.6 Å². The van der Waals surface area contributed by atoms with Gasteiger partial charge >= 0.3 is 5.97 Å². The van der Waals surface area contributed by atoms with Crippen LogP contribution in [0.1, 0.15) is 18.1 Å². The van der Waals surface area contributed by atoms with Crippen molar-refractivity contribution in [3.8, 4) is 11.1 Å². The standard InChI is InChI=1S/C18H18O2/c1-3-20-17(19)13-12-16-11-7-8-14(2)18(16)15-9-5-4-6-10-15/h4-13H,3H2,1-2H3/b13-12+. The fourth-order valence-corrected chi connectivity index (χ4v) is 2.18. The number of benzene rings is 2. The summed E-state index contributed by atoms with van der Waals surface area (Å²) in [5, 5.41) is 0.